The highest BCUT2D eigenvalue weighted by Crippen LogP contribution is 2.33. The molecule has 2 heteroatoms. The van der Waals surface area contributed by atoms with E-state index in [2.05, 4.69) is 13.8 Å². The zero-order valence-corrected chi connectivity index (χ0v) is 12.3. The summed E-state index contributed by atoms with van der Waals surface area (Å²) in [5, 5.41) is 21.0. The van der Waals surface area contributed by atoms with Gasteiger partial charge in [0.1, 0.15) is 0 Å². The Hall–Kier alpha value is -0.0800. The predicted octanol–water partition coefficient (Wildman–Crippen LogP) is 4.04. The van der Waals surface area contributed by atoms with Gasteiger partial charge < -0.3 is 10.2 Å². The van der Waals surface area contributed by atoms with Gasteiger partial charge in [-0.2, -0.15) is 0 Å². The Bertz CT molecular complexity index is 207. The molecule has 0 heterocycles. The number of hydrogen-bond acceptors (Lipinski definition) is 2. The molecule has 0 bridgehead atoms. The summed E-state index contributed by atoms with van der Waals surface area (Å²) in [5.41, 5.74) is -0.796. The van der Waals surface area contributed by atoms with E-state index in [1.165, 1.54) is 32.1 Å². The van der Waals surface area contributed by atoms with Crippen molar-refractivity contribution in [1.82, 2.24) is 0 Å². The van der Waals surface area contributed by atoms with Crippen LogP contribution in [0.2, 0.25) is 0 Å². The van der Waals surface area contributed by atoms with Gasteiger partial charge in [0, 0.05) is 0 Å². The number of unbranched alkanes of at least 4 members (excludes halogenated alkanes) is 1. The Morgan fingerprint density at radius 2 is 1.67 bits per heavy atom. The van der Waals surface area contributed by atoms with Crippen LogP contribution in [-0.4, -0.2) is 21.9 Å². The van der Waals surface area contributed by atoms with Crippen molar-refractivity contribution >= 4 is 0 Å². The summed E-state index contributed by atoms with van der Waals surface area (Å²) < 4.78 is 0. The van der Waals surface area contributed by atoms with Crippen LogP contribution < -0.4 is 0 Å². The van der Waals surface area contributed by atoms with E-state index in [0.717, 1.165) is 38.5 Å². The summed E-state index contributed by atoms with van der Waals surface area (Å²) in [6.07, 6.45) is 11.2. The van der Waals surface area contributed by atoms with Gasteiger partial charge in [-0.15, -0.1) is 0 Å². The first kappa shape index (κ1) is 16.0. The molecule has 2 atom stereocenters. The topological polar surface area (TPSA) is 40.5 Å². The van der Waals surface area contributed by atoms with Crippen LogP contribution >= 0.6 is 0 Å². The van der Waals surface area contributed by atoms with Crippen LogP contribution in [0.3, 0.4) is 0 Å². The second kappa shape index (κ2) is 8.16. The van der Waals surface area contributed by atoms with Gasteiger partial charge in [-0.25, -0.2) is 0 Å². The molecule has 1 rings (SSSR count). The van der Waals surface area contributed by atoms with Gasteiger partial charge in [0.15, 0.2) is 0 Å². The van der Waals surface area contributed by atoms with Gasteiger partial charge in [0.25, 0.3) is 0 Å². The number of aliphatic hydroxyl groups excluding tert-OH is 1. The minimum atomic E-state index is -0.796. The molecule has 2 nitrogen and oxygen atoms in total. The first-order valence-electron chi connectivity index (χ1n) is 8.02. The highest BCUT2D eigenvalue weighted by molar-refractivity contribution is 4.89. The molecular formula is C16H32O2. The van der Waals surface area contributed by atoms with Crippen LogP contribution in [0.5, 0.6) is 0 Å². The van der Waals surface area contributed by atoms with Crippen LogP contribution in [0.25, 0.3) is 0 Å². The fourth-order valence-corrected chi connectivity index (χ4v) is 3.19. The first-order chi connectivity index (χ1) is 8.62. The molecule has 2 N–H and O–H groups in total. The molecule has 1 fully saturated rings. The van der Waals surface area contributed by atoms with Crippen LogP contribution in [0, 0.1) is 5.92 Å². The van der Waals surface area contributed by atoms with Gasteiger partial charge in [-0.3, -0.25) is 0 Å². The third kappa shape index (κ3) is 4.89. The average molecular weight is 256 g/mol. The van der Waals surface area contributed by atoms with Crippen molar-refractivity contribution in [3.05, 3.63) is 0 Å². The standard InChI is InChI=1S/C16H32O2/c1-3-5-10-14(4-2)13-15(17)16(18)11-8-6-7-9-12-16/h14-15,17-18H,3-13H2,1-2H3. The quantitative estimate of drug-likeness (QED) is 0.675. The molecule has 18 heavy (non-hydrogen) atoms. The molecule has 108 valence electrons. The number of rotatable bonds is 7. The Balaban J connectivity index is 2.47. The van der Waals surface area contributed by atoms with Crippen molar-refractivity contribution in [2.75, 3.05) is 0 Å². The third-order valence-electron chi connectivity index (χ3n) is 4.69. The van der Waals surface area contributed by atoms with E-state index in [1.54, 1.807) is 0 Å². The summed E-state index contributed by atoms with van der Waals surface area (Å²) in [6, 6.07) is 0. The monoisotopic (exact) mass is 256 g/mol. The van der Waals surface area contributed by atoms with E-state index >= 15 is 0 Å². The maximum atomic E-state index is 10.6. The second-order valence-corrected chi connectivity index (χ2v) is 6.19. The highest BCUT2D eigenvalue weighted by atomic mass is 16.3. The zero-order chi connectivity index (χ0) is 13.4. The van der Waals surface area contributed by atoms with Crippen LogP contribution in [0.15, 0.2) is 0 Å². The molecule has 1 saturated carbocycles. The van der Waals surface area contributed by atoms with E-state index in [-0.39, 0.29) is 0 Å². The molecule has 0 spiro atoms. The van der Waals surface area contributed by atoms with E-state index < -0.39 is 11.7 Å². The predicted molar refractivity (Wildman–Crippen MR) is 76.6 cm³/mol. The number of hydrogen-bond donors (Lipinski definition) is 2. The zero-order valence-electron chi connectivity index (χ0n) is 12.3. The maximum absolute atomic E-state index is 10.6. The highest BCUT2D eigenvalue weighted by Gasteiger charge is 2.36. The lowest BCUT2D eigenvalue weighted by atomic mass is 9.81. The van der Waals surface area contributed by atoms with Gasteiger partial charge >= 0.3 is 0 Å². The van der Waals surface area contributed by atoms with Crippen LogP contribution in [-0.2, 0) is 0 Å². The lowest BCUT2D eigenvalue weighted by molar-refractivity contribution is -0.0934. The molecule has 0 aliphatic heterocycles. The lowest BCUT2D eigenvalue weighted by Gasteiger charge is -2.34. The molecule has 0 aromatic carbocycles. The van der Waals surface area contributed by atoms with Crippen molar-refractivity contribution in [3.8, 4) is 0 Å². The van der Waals surface area contributed by atoms with E-state index in [1.807, 2.05) is 0 Å². The third-order valence-corrected chi connectivity index (χ3v) is 4.69. The fraction of sp³-hybridized carbons (Fsp3) is 1.00. The molecule has 0 aromatic heterocycles. The molecule has 0 saturated heterocycles. The van der Waals surface area contributed by atoms with E-state index in [4.69, 9.17) is 0 Å². The van der Waals surface area contributed by atoms with Crippen LogP contribution in [0.1, 0.15) is 84.5 Å². The Labute approximate surface area is 113 Å². The average Bonchev–Trinajstić information content (AvgIpc) is 2.60. The first-order valence-corrected chi connectivity index (χ1v) is 8.02. The van der Waals surface area contributed by atoms with Gasteiger partial charge in [0.05, 0.1) is 11.7 Å². The normalized spacial score (nSPS) is 23.3. The van der Waals surface area contributed by atoms with Gasteiger partial charge in [-0.1, -0.05) is 65.2 Å². The molecule has 0 aromatic rings. The summed E-state index contributed by atoms with van der Waals surface area (Å²) in [6.45, 7) is 4.41. The molecular weight excluding hydrogens is 224 g/mol. The fourth-order valence-electron chi connectivity index (χ4n) is 3.19. The summed E-state index contributed by atoms with van der Waals surface area (Å²) in [4.78, 5) is 0. The van der Waals surface area contributed by atoms with Crippen molar-refractivity contribution in [1.29, 1.82) is 0 Å². The summed E-state index contributed by atoms with van der Waals surface area (Å²) >= 11 is 0. The maximum Gasteiger partial charge on any atom is 0.0905 e. The Morgan fingerprint density at radius 3 is 2.17 bits per heavy atom. The van der Waals surface area contributed by atoms with Crippen LogP contribution in [0.4, 0.5) is 0 Å². The molecule has 0 radical (unpaired) electrons. The summed E-state index contributed by atoms with van der Waals surface area (Å²) in [7, 11) is 0. The molecule has 1 aliphatic carbocycles. The molecule has 1 aliphatic rings. The minimum Gasteiger partial charge on any atom is -0.390 e. The molecule has 0 amide bonds. The van der Waals surface area contributed by atoms with Gasteiger partial charge in [-0.05, 0) is 25.2 Å². The summed E-state index contributed by atoms with van der Waals surface area (Å²) in [5.74, 6) is 0.576. The van der Waals surface area contributed by atoms with Gasteiger partial charge in [0.2, 0.25) is 0 Å². The van der Waals surface area contributed by atoms with Crippen molar-refractivity contribution in [3.63, 3.8) is 0 Å². The smallest absolute Gasteiger partial charge is 0.0905 e. The Morgan fingerprint density at radius 1 is 1.06 bits per heavy atom. The SMILES string of the molecule is CCCCC(CC)CC(O)C1(O)CCCCCC1. The lowest BCUT2D eigenvalue weighted by Crippen LogP contribution is -2.42. The van der Waals surface area contributed by atoms with Crippen molar-refractivity contribution < 1.29 is 10.2 Å². The van der Waals surface area contributed by atoms with Crippen molar-refractivity contribution in [2.24, 2.45) is 5.92 Å². The number of aliphatic hydroxyl groups is 2. The minimum absolute atomic E-state index is 0.516. The Kier molecular flexibility index (Phi) is 7.25. The molecule has 2 unspecified atom stereocenters. The van der Waals surface area contributed by atoms with E-state index in [0.29, 0.717) is 5.92 Å². The second-order valence-electron chi connectivity index (χ2n) is 6.19. The van der Waals surface area contributed by atoms with Crippen molar-refractivity contribution in [2.45, 2.75) is 96.2 Å². The van der Waals surface area contributed by atoms with E-state index in [9.17, 15) is 10.2 Å². The largest absolute Gasteiger partial charge is 0.390 e.